The number of hydrogen-bond acceptors (Lipinski definition) is 5. The van der Waals surface area contributed by atoms with E-state index in [0.717, 1.165) is 5.56 Å². The number of nitrogens with one attached hydrogen (secondary N) is 2. The molecule has 0 fully saturated rings. The number of benzene rings is 1. The molecule has 6 nitrogen and oxygen atoms in total. The normalized spacial score (nSPS) is 10.3. The summed E-state index contributed by atoms with van der Waals surface area (Å²) in [6, 6.07) is 8.60. The van der Waals surface area contributed by atoms with Gasteiger partial charge >= 0.3 is 0 Å². The third-order valence-electron chi connectivity index (χ3n) is 3.21. The monoisotopic (exact) mass is 373 g/mol. The summed E-state index contributed by atoms with van der Waals surface area (Å²) in [7, 11) is 0. The average Bonchev–Trinajstić information content (AvgIpc) is 2.60. The number of rotatable bonds is 5. The smallest absolute Gasteiger partial charge is 0.258 e. The number of nitrogens with zero attached hydrogens (tertiary/aromatic N) is 3. The predicted molar refractivity (Wildman–Crippen MR) is 98.0 cm³/mol. The second-order valence-electron chi connectivity index (χ2n) is 5.12. The van der Waals surface area contributed by atoms with Crippen molar-refractivity contribution in [1.29, 1.82) is 0 Å². The van der Waals surface area contributed by atoms with E-state index < -0.39 is 0 Å². The fourth-order valence-corrected chi connectivity index (χ4v) is 2.58. The average molecular weight is 374 g/mol. The standard InChI is InChI=1S/C17H13Cl2N5O/c18-13-4-14(19)6-15(5-13)24-16(25)12-9-22-17(23-10-12)21-8-11-2-1-3-20-7-11/h1-7,9-10H,8H2,(H,24,25)(H,21,22,23). The van der Waals surface area contributed by atoms with Crippen LogP contribution in [0.5, 0.6) is 0 Å². The zero-order valence-electron chi connectivity index (χ0n) is 12.9. The minimum absolute atomic E-state index is 0.322. The highest BCUT2D eigenvalue weighted by Gasteiger charge is 2.09. The fraction of sp³-hybridized carbons (Fsp3) is 0.0588. The quantitative estimate of drug-likeness (QED) is 0.705. The highest BCUT2D eigenvalue weighted by molar-refractivity contribution is 6.35. The summed E-state index contributed by atoms with van der Waals surface area (Å²) in [5.41, 5.74) is 1.83. The summed E-state index contributed by atoms with van der Waals surface area (Å²) in [4.78, 5) is 24.5. The van der Waals surface area contributed by atoms with Crippen LogP contribution in [0.1, 0.15) is 15.9 Å². The van der Waals surface area contributed by atoms with Crippen LogP contribution in [0.25, 0.3) is 0 Å². The molecule has 0 aliphatic rings. The van der Waals surface area contributed by atoms with Gasteiger partial charge in [-0.15, -0.1) is 0 Å². The zero-order chi connectivity index (χ0) is 17.6. The molecule has 0 radical (unpaired) electrons. The van der Waals surface area contributed by atoms with Crippen LogP contribution in [0, 0.1) is 0 Å². The van der Waals surface area contributed by atoms with Crippen molar-refractivity contribution in [2.45, 2.75) is 6.54 Å². The van der Waals surface area contributed by atoms with Crippen molar-refractivity contribution in [2.75, 3.05) is 10.6 Å². The van der Waals surface area contributed by atoms with Crippen molar-refractivity contribution in [2.24, 2.45) is 0 Å². The van der Waals surface area contributed by atoms with Crippen LogP contribution in [-0.2, 0) is 6.54 Å². The van der Waals surface area contributed by atoms with Gasteiger partial charge in [0.05, 0.1) is 5.56 Å². The first kappa shape index (κ1) is 17.1. The van der Waals surface area contributed by atoms with Crippen LogP contribution in [0.3, 0.4) is 0 Å². The molecule has 0 spiro atoms. The van der Waals surface area contributed by atoms with Gasteiger partial charge in [0.2, 0.25) is 5.95 Å². The summed E-state index contributed by atoms with van der Waals surface area (Å²) in [5, 5.41) is 6.64. The van der Waals surface area contributed by atoms with Crippen LogP contribution >= 0.6 is 23.2 Å². The van der Waals surface area contributed by atoms with Gasteiger partial charge in [-0.2, -0.15) is 0 Å². The van der Waals surface area contributed by atoms with Gasteiger partial charge in [0, 0.05) is 47.1 Å². The summed E-state index contributed by atoms with van der Waals surface area (Å²) < 4.78 is 0. The Morgan fingerprint density at radius 3 is 2.40 bits per heavy atom. The molecule has 2 heterocycles. The first-order valence-electron chi connectivity index (χ1n) is 7.32. The van der Waals surface area contributed by atoms with E-state index in [0.29, 0.717) is 33.8 Å². The summed E-state index contributed by atoms with van der Waals surface area (Å²) in [6.07, 6.45) is 6.35. The zero-order valence-corrected chi connectivity index (χ0v) is 14.4. The van der Waals surface area contributed by atoms with Crippen molar-refractivity contribution in [3.8, 4) is 0 Å². The first-order chi connectivity index (χ1) is 12.1. The van der Waals surface area contributed by atoms with E-state index in [1.54, 1.807) is 30.6 Å². The molecule has 0 atom stereocenters. The largest absolute Gasteiger partial charge is 0.350 e. The fourth-order valence-electron chi connectivity index (χ4n) is 2.05. The van der Waals surface area contributed by atoms with Crippen LogP contribution in [-0.4, -0.2) is 20.9 Å². The van der Waals surface area contributed by atoms with Gasteiger partial charge in [0.1, 0.15) is 0 Å². The topological polar surface area (TPSA) is 79.8 Å². The van der Waals surface area contributed by atoms with Crippen LogP contribution in [0.2, 0.25) is 10.0 Å². The van der Waals surface area contributed by atoms with E-state index in [9.17, 15) is 4.79 Å². The second-order valence-corrected chi connectivity index (χ2v) is 6.00. The lowest BCUT2D eigenvalue weighted by Crippen LogP contribution is -2.13. The summed E-state index contributed by atoms with van der Waals surface area (Å²) >= 11 is 11.8. The third-order valence-corrected chi connectivity index (χ3v) is 3.64. The van der Waals surface area contributed by atoms with Gasteiger partial charge < -0.3 is 10.6 Å². The lowest BCUT2D eigenvalue weighted by molar-refractivity contribution is 0.102. The number of aromatic nitrogens is 3. The van der Waals surface area contributed by atoms with Crippen molar-refractivity contribution in [3.05, 3.63) is 76.3 Å². The molecular formula is C17H13Cl2N5O. The Kier molecular flexibility index (Phi) is 5.42. The van der Waals surface area contributed by atoms with Crippen molar-refractivity contribution in [1.82, 2.24) is 15.0 Å². The molecule has 0 bridgehead atoms. The van der Waals surface area contributed by atoms with Gasteiger partial charge in [-0.25, -0.2) is 9.97 Å². The van der Waals surface area contributed by atoms with Crippen molar-refractivity contribution >= 4 is 40.7 Å². The minimum atomic E-state index is -0.350. The highest BCUT2D eigenvalue weighted by Crippen LogP contribution is 2.22. The number of carbonyl (C=O) groups is 1. The Bertz CT molecular complexity index is 852. The molecule has 2 aromatic heterocycles. The molecule has 1 amide bonds. The molecule has 8 heteroatoms. The van der Waals surface area contributed by atoms with Crippen molar-refractivity contribution < 1.29 is 4.79 Å². The molecule has 0 unspecified atom stereocenters. The van der Waals surface area contributed by atoms with Gasteiger partial charge in [-0.1, -0.05) is 29.3 Å². The first-order valence-corrected chi connectivity index (χ1v) is 8.08. The molecular weight excluding hydrogens is 361 g/mol. The van der Waals surface area contributed by atoms with E-state index >= 15 is 0 Å². The number of carbonyl (C=O) groups excluding carboxylic acids is 1. The van der Waals surface area contributed by atoms with E-state index in [-0.39, 0.29) is 5.91 Å². The van der Waals surface area contributed by atoms with E-state index in [2.05, 4.69) is 25.6 Å². The van der Waals surface area contributed by atoms with Crippen LogP contribution in [0.15, 0.2) is 55.1 Å². The molecule has 1 aromatic carbocycles. The Balaban J connectivity index is 1.62. The maximum atomic E-state index is 12.2. The van der Waals surface area contributed by atoms with E-state index in [1.807, 2.05) is 12.1 Å². The number of pyridine rings is 1. The molecule has 0 saturated carbocycles. The Morgan fingerprint density at radius 1 is 1.04 bits per heavy atom. The van der Waals surface area contributed by atoms with Gasteiger partial charge in [-0.3, -0.25) is 9.78 Å². The molecule has 126 valence electrons. The van der Waals surface area contributed by atoms with E-state index in [1.165, 1.54) is 12.4 Å². The Hall–Kier alpha value is -2.70. The molecule has 2 N–H and O–H groups in total. The number of hydrogen-bond donors (Lipinski definition) is 2. The van der Waals surface area contributed by atoms with Gasteiger partial charge in [0.25, 0.3) is 5.91 Å². The lowest BCUT2D eigenvalue weighted by atomic mass is 10.2. The molecule has 0 saturated heterocycles. The summed E-state index contributed by atoms with van der Waals surface area (Å²) in [5.74, 6) is 0.0725. The summed E-state index contributed by atoms with van der Waals surface area (Å²) in [6.45, 7) is 0.542. The molecule has 0 aliphatic heterocycles. The molecule has 0 aliphatic carbocycles. The molecule has 25 heavy (non-hydrogen) atoms. The molecule has 3 rings (SSSR count). The minimum Gasteiger partial charge on any atom is -0.350 e. The molecule has 3 aromatic rings. The maximum absolute atomic E-state index is 12.2. The second kappa shape index (κ2) is 7.92. The predicted octanol–water partition coefficient (Wildman–Crippen LogP) is 4.04. The number of halogens is 2. The Morgan fingerprint density at radius 2 is 1.76 bits per heavy atom. The van der Waals surface area contributed by atoms with Crippen LogP contribution < -0.4 is 10.6 Å². The van der Waals surface area contributed by atoms with E-state index in [4.69, 9.17) is 23.2 Å². The van der Waals surface area contributed by atoms with Crippen LogP contribution in [0.4, 0.5) is 11.6 Å². The Labute approximate surface area is 154 Å². The third kappa shape index (κ3) is 4.89. The lowest BCUT2D eigenvalue weighted by Gasteiger charge is -2.07. The SMILES string of the molecule is O=C(Nc1cc(Cl)cc(Cl)c1)c1cnc(NCc2cccnc2)nc1. The number of amides is 1. The van der Waals surface area contributed by atoms with Crippen molar-refractivity contribution in [3.63, 3.8) is 0 Å². The number of anilines is 2. The highest BCUT2D eigenvalue weighted by atomic mass is 35.5. The van der Waals surface area contributed by atoms with Gasteiger partial charge in [0.15, 0.2) is 0 Å². The maximum Gasteiger partial charge on any atom is 0.258 e. The van der Waals surface area contributed by atoms with Gasteiger partial charge in [-0.05, 0) is 29.8 Å².